The number of amides is 2. The number of hydrogen-bond donors (Lipinski definition) is 1. The number of hydrogen-bond acceptors (Lipinski definition) is 5. The summed E-state index contributed by atoms with van der Waals surface area (Å²) in [5.41, 5.74) is 1.93. The van der Waals surface area contributed by atoms with Gasteiger partial charge in [0.05, 0.1) is 28.4 Å². The second-order valence-corrected chi connectivity index (χ2v) is 7.06. The molecule has 1 N–H and O–H groups in total. The molecule has 8 heteroatoms. The van der Waals surface area contributed by atoms with Crippen molar-refractivity contribution in [3.63, 3.8) is 0 Å². The fraction of sp³-hybridized carbons (Fsp3) is 0.333. The molecular weight excluding hydrogens is 350 g/mol. The molecule has 0 aliphatic carbocycles. The lowest BCUT2D eigenvalue weighted by molar-refractivity contribution is 0.0657. The van der Waals surface area contributed by atoms with Gasteiger partial charge < -0.3 is 10.2 Å². The Balaban J connectivity index is 1.55. The molecule has 2 heterocycles. The maximum Gasteiger partial charge on any atom is 0.261 e. The van der Waals surface area contributed by atoms with Crippen LogP contribution in [0.1, 0.15) is 31.4 Å². The summed E-state index contributed by atoms with van der Waals surface area (Å²) in [4.78, 5) is 36.6. The third kappa shape index (κ3) is 3.60. The van der Waals surface area contributed by atoms with Crippen LogP contribution in [0.15, 0.2) is 34.6 Å². The Bertz CT molecular complexity index is 826. The Morgan fingerprint density at radius 3 is 2.46 bits per heavy atom. The lowest BCUT2D eigenvalue weighted by atomic mass is 10.1. The number of aryl methyl sites for hydroxylation is 1. The summed E-state index contributed by atoms with van der Waals surface area (Å²) in [6, 6.07) is 6.91. The van der Waals surface area contributed by atoms with Crippen LogP contribution in [0.5, 0.6) is 0 Å². The number of guanidine groups is 1. The zero-order valence-corrected chi connectivity index (χ0v) is 15.8. The number of benzene rings is 1. The van der Waals surface area contributed by atoms with Gasteiger partial charge in [-0.05, 0) is 19.1 Å². The van der Waals surface area contributed by atoms with Gasteiger partial charge in [0, 0.05) is 32.6 Å². The summed E-state index contributed by atoms with van der Waals surface area (Å²) >= 11 is 1.62. The monoisotopic (exact) mass is 371 g/mol. The van der Waals surface area contributed by atoms with Crippen molar-refractivity contribution >= 4 is 29.1 Å². The Labute approximate surface area is 156 Å². The van der Waals surface area contributed by atoms with Gasteiger partial charge in [0.15, 0.2) is 5.96 Å². The Kier molecular flexibility index (Phi) is 5.32. The molecule has 0 radical (unpaired) electrons. The van der Waals surface area contributed by atoms with Crippen LogP contribution in [0.3, 0.4) is 0 Å². The van der Waals surface area contributed by atoms with E-state index in [1.807, 2.05) is 24.3 Å². The SMILES string of the molecule is CN=C(NCCN1C(=O)c2ccccc2C1=O)N(C)Cc1csc(C)n1. The molecule has 136 valence electrons. The van der Waals surface area contributed by atoms with Crippen LogP contribution in [-0.4, -0.2) is 59.7 Å². The van der Waals surface area contributed by atoms with Crippen molar-refractivity contribution in [2.24, 2.45) is 4.99 Å². The molecule has 3 rings (SSSR count). The molecule has 0 saturated heterocycles. The van der Waals surface area contributed by atoms with Crippen LogP contribution in [-0.2, 0) is 6.54 Å². The minimum atomic E-state index is -0.242. The Morgan fingerprint density at radius 1 is 1.27 bits per heavy atom. The first-order valence-corrected chi connectivity index (χ1v) is 9.17. The second-order valence-electron chi connectivity index (χ2n) is 6.00. The lowest BCUT2D eigenvalue weighted by Gasteiger charge is -2.22. The van der Waals surface area contributed by atoms with Crippen molar-refractivity contribution in [2.75, 3.05) is 27.2 Å². The first-order valence-electron chi connectivity index (χ1n) is 8.29. The average molecular weight is 371 g/mol. The molecule has 2 aromatic rings. The van der Waals surface area contributed by atoms with Crippen LogP contribution < -0.4 is 5.32 Å². The van der Waals surface area contributed by atoms with E-state index in [-0.39, 0.29) is 18.4 Å². The van der Waals surface area contributed by atoms with Crippen molar-refractivity contribution in [3.05, 3.63) is 51.5 Å². The highest BCUT2D eigenvalue weighted by Gasteiger charge is 2.34. The van der Waals surface area contributed by atoms with Gasteiger partial charge in [-0.25, -0.2) is 4.98 Å². The first-order chi connectivity index (χ1) is 12.5. The van der Waals surface area contributed by atoms with Crippen LogP contribution in [0.4, 0.5) is 0 Å². The van der Waals surface area contributed by atoms with Crippen LogP contribution in [0, 0.1) is 6.92 Å². The van der Waals surface area contributed by atoms with Gasteiger partial charge in [-0.3, -0.25) is 19.5 Å². The number of thiazole rings is 1. The number of rotatable bonds is 5. The van der Waals surface area contributed by atoms with Crippen molar-refractivity contribution in [1.82, 2.24) is 20.1 Å². The van der Waals surface area contributed by atoms with E-state index in [2.05, 4.69) is 15.3 Å². The lowest BCUT2D eigenvalue weighted by Crippen LogP contribution is -2.43. The van der Waals surface area contributed by atoms with Crippen LogP contribution in [0.2, 0.25) is 0 Å². The van der Waals surface area contributed by atoms with E-state index in [1.165, 1.54) is 4.90 Å². The number of carbonyl (C=O) groups excluding carboxylic acids is 2. The molecule has 1 aliphatic heterocycles. The first kappa shape index (κ1) is 18.1. The maximum absolute atomic E-state index is 12.4. The van der Waals surface area contributed by atoms with Crippen LogP contribution in [0.25, 0.3) is 0 Å². The molecule has 7 nitrogen and oxygen atoms in total. The van der Waals surface area contributed by atoms with Crippen molar-refractivity contribution < 1.29 is 9.59 Å². The molecule has 2 amide bonds. The third-order valence-corrected chi connectivity index (χ3v) is 4.96. The fourth-order valence-electron chi connectivity index (χ4n) is 2.91. The van der Waals surface area contributed by atoms with E-state index >= 15 is 0 Å². The highest BCUT2D eigenvalue weighted by atomic mass is 32.1. The predicted molar refractivity (Wildman–Crippen MR) is 101 cm³/mol. The Morgan fingerprint density at radius 2 is 1.92 bits per heavy atom. The number of nitrogens with one attached hydrogen (secondary N) is 1. The Hall–Kier alpha value is -2.74. The molecule has 1 aliphatic rings. The largest absolute Gasteiger partial charge is 0.354 e. The molecule has 26 heavy (non-hydrogen) atoms. The van der Waals surface area contributed by atoms with Gasteiger partial charge in [0.2, 0.25) is 0 Å². The third-order valence-electron chi connectivity index (χ3n) is 4.14. The molecule has 1 aromatic carbocycles. The molecule has 0 bridgehead atoms. The van der Waals surface area contributed by atoms with E-state index in [9.17, 15) is 9.59 Å². The normalized spacial score (nSPS) is 14.0. The number of aromatic nitrogens is 1. The molecule has 0 saturated carbocycles. The summed E-state index contributed by atoms with van der Waals surface area (Å²) in [7, 11) is 3.62. The van der Waals surface area contributed by atoms with E-state index in [0.29, 0.717) is 30.2 Å². The summed E-state index contributed by atoms with van der Waals surface area (Å²) in [5.74, 6) is 0.203. The van der Waals surface area contributed by atoms with Crippen molar-refractivity contribution in [3.8, 4) is 0 Å². The summed E-state index contributed by atoms with van der Waals surface area (Å²) < 4.78 is 0. The maximum atomic E-state index is 12.4. The average Bonchev–Trinajstić information content (AvgIpc) is 3.14. The van der Waals surface area contributed by atoms with Gasteiger partial charge in [-0.15, -0.1) is 11.3 Å². The number of fused-ring (bicyclic) bond motifs is 1. The van der Waals surface area contributed by atoms with Crippen LogP contribution >= 0.6 is 11.3 Å². The summed E-state index contributed by atoms with van der Waals surface area (Å²) in [6.45, 7) is 3.33. The number of carbonyl (C=O) groups is 2. The van der Waals surface area contributed by atoms with Gasteiger partial charge in [0.25, 0.3) is 11.8 Å². The number of imide groups is 1. The standard InChI is InChI=1S/C18H21N5O2S/c1-12-21-13(11-26-12)10-22(3)18(19-2)20-8-9-23-16(24)14-6-4-5-7-15(14)17(23)25/h4-7,11H,8-10H2,1-3H3,(H,19,20). The van der Waals surface area contributed by atoms with Gasteiger partial charge in [-0.1, -0.05) is 12.1 Å². The van der Waals surface area contributed by atoms with E-state index in [4.69, 9.17) is 0 Å². The van der Waals surface area contributed by atoms with Crippen molar-refractivity contribution in [2.45, 2.75) is 13.5 Å². The molecule has 0 atom stereocenters. The zero-order valence-electron chi connectivity index (χ0n) is 15.0. The quantitative estimate of drug-likeness (QED) is 0.492. The van der Waals surface area contributed by atoms with Gasteiger partial charge in [0.1, 0.15) is 0 Å². The second kappa shape index (κ2) is 7.65. The van der Waals surface area contributed by atoms with Crippen molar-refractivity contribution in [1.29, 1.82) is 0 Å². The van der Waals surface area contributed by atoms with E-state index in [1.54, 1.807) is 42.6 Å². The van der Waals surface area contributed by atoms with E-state index < -0.39 is 0 Å². The predicted octanol–water partition coefficient (Wildman–Crippen LogP) is 1.75. The molecular formula is C18H21N5O2S. The minimum Gasteiger partial charge on any atom is -0.354 e. The zero-order chi connectivity index (χ0) is 18.7. The molecule has 0 spiro atoms. The fourth-order valence-corrected chi connectivity index (χ4v) is 3.51. The smallest absolute Gasteiger partial charge is 0.261 e. The minimum absolute atomic E-state index is 0.242. The topological polar surface area (TPSA) is 77.9 Å². The molecule has 0 unspecified atom stereocenters. The summed E-state index contributed by atoms with van der Waals surface area (Å²) in [5, 5.41) is 6.25. The summed E-state index contributed by atoms with van der Waals surface area (Å²) in [6.07, 6.45) is 0. The highest BCUT2D eigenvalue weighted by molar-refractivity contribution is 7.09. The highest BCUT2D eigenvalue weighted by Crippen LogP contribution is 2.21. The van der Waals surface area contributed by atoms with Gasteiger partial charge in [-0.2, -0.15) is 0 Å². The number of aliphatic imine (C=N–C) groups is 1. The van der Waals surface area contributed by atoms with Gasteiger partial charge >= 0.3 is 0 Å². The molecule has 1 aromatic heterocycles. The molecule has 0 fully saturated rings. The number of nitrogens with zero attached hydrogens (tertiary/aromatic N) is 4. The van der Waals surface area contributed by atoms with E-state index in [0.717, 1.165) is 10.7 Å².